The number of carbonyl (C=O) groups is 2. The molecule has 2 N–H and O–H groups in total. The number of aromatic nitrogens is 2. The standard InChI is InChI=1S/C20H20N4O3S/c1-13-8-10-16(11-9-13)18-23-24-20(27-18)28-14(2)17(25)22-19(26)21-12-15-6-4-3-5-7-15/h3-11,14H,12H2,1-2H3,(H2,21,22,25,26). The Morgan fingerprint density at radius 3 is 2.50 bits per heavy atom. The van der Waals surface area contributed by atoms with E-state index < -0.39 is 17.2 Å². The number of amides is 3. The Morgan fingerprint density at radius 2 is 1.79 bits per heavy atom. The minimum absolute atomic E-state index is 0.267. The molecule has 0 saturated heterocycles. The van der Waals surface area contributed by atoms with Crippen molar-refractivity contribution in [1.29, 1.82) is 0 Å². The first-order valence-corrected chi connectivity index (χ1v) is 9.59. The van der Waals surface area contributed by atoms with E-state index in [1.807, 2.05) is 61.5 Å². The monoisotopic (exact) mass is 396 g/mol. The van der Waals surface area contributed by atoms with Crippen LogP contribution >= 0.6 is 11.8 Å². The Morgan fingerprint density at radius 1 is 1.07 bits per heavy atom. The van der Waals surface area contributed by atoms with E-state index in [-0.39, 0.29) is 5.22 Å². The summed E-state index contributed by atoms with van der Waals surface area (Å²) in [6.45, 7) is 4.00. The molecule has 7 nitrogen and oxygen atoms in total. The number of aryl methyl sites for hydroxylation is 1. The molecular weight excluding hydrogens is 376 g/mol. The van der Waals surface area contributed by atoms with Crippen LogP contribution in [0.3, 0.4) is 0 Å². The second-order valence-corrected chi connectivity index (χ2v) is 7.45. The van der Waals surface area contributed by atoms with Gasteiger partial charge in [0, 0.05) is 12.1 Å². The SMILES string of the molecule is Cc1ccc(-c2nnc(SC(C)C(=O)NC(=O)NCc3ccccc3)o2)cc1. The second-order valence-electron chi connectivity index (χ2n) is 6.16. The van der Waals surface area contributed by atoms with Crippen molar-refractivity contribution in [2.45, 2.75) is 30.9 Å². The van der Waals surface area contributed by atoms with Crippen LogP contribution in [0.25, 0.3) is 11.5 Å². The van der Waals surface area contributed by atoms with Crippen LogP contribution in [0.15, 0.2) is 64.2 Å². The van der Waals surface area contributed by atoms with Gasteiger partial charge in [0.05, 0.1) is 5.25 Å². The first-order chi connectivity index (χ1) is 13.5. The van der Waals surface area contributed by atoms with Crippen molar-refractivity contribution < 1.29 is 14.0 Å². The highest BCUT2D eigenvalue weighted by molar-refractivity contribution is 8.00. The predicted octanol–water partition coefficient (Wildman–Crippen LogP) is 3.55. The molecule has 0 radical (unpaired) electrons. The number of imide groups is 1. The van der Waals surface area contributed by atoms with Crippen molar-refractivity contribution in [3.05, 3.63) is 65.7 Å². The summed E-state index contributed by atoms with van der Waals surface area (Å²) in [7, 11) is 0. The maximum Gasteiger partial charge on any atom is 0.321 e. The molecule has 1 atom stereocenters. The van der Waals surface area contributed by atoms with Crippen molar-refractivity contribution in [3.63, 3.8) is 0 Å². The van der Waals surface area contributed by atoms with E-state index >= 15 is 0 Å². The molecule has 1 aromatic heterocycles. The smallest absolute Gasteiger partial charge is 0.321 e. The lowest BCUT2D eigenvalue weighted by molar-refractivity contribution is -0.119. The first-order valence-electron chi connectivity index (χ1n) is 8.71. The largest absolute Gasteiger partial charge is 0.411 e. The quantitative estimate of drug-likeness (QED) is 0.619. The Balaban J connectivity index is 1.50. The third kappa shape index (κ3) is 5.43. The molecule has 0 fully saturated rings. The summed E-state index contributed by atoms with van der Waals surface area (Å²) in [6.07, 6.45) is 0. The van der Waals surface area contributed by atoms with E-state index in [0.29, 0.717) is 12.4 Å². The molecule has 0 spiro atoms. The first kappa shape index (κ1) is 19.6. The molecule has 3 amide bonds. The van der Waals surface area contributed by atoms with Gasteiger partial charge >= 0.3 is 6.03 Å². The number of rotatable bonds is 6. The number of benzene rings is 2. The van der Waals surface area contributed by atoms with Crippen LogP contribution in [0.5, 0.6) is 0 Å². The molecule has 1 heterocycles. The summed E-state index contributed by atoms with van der Waals surface area (Å²) in [5, 5.41) is 12.6. The number of carbonyl (C=O) groups excluding carboxylic acids is 2. The molecule has 0 saturated carbocycles. The lowest BCUT2D eigenvalue weighted by Gasteiger charge is -2.10. The Bertz CT molecular complexity index is 942. The molecule has 0 aliphatic rings. The zero-order valence-electron chi connectivity index (χ0n) is 15.5. The number of nitrogens with one attached hydrogen (secondary N) is 2. The Kier molecular flexibility index (Phi) is 6.44. The fourth-order valence-electron chi connectivity index (χ4n) is 2.31. The van der Waals surface area contributed by atoms with Gasteiger partial charge in [0.2, 0.25) is 11.8 Å². The molecule has 0 bridgehead atoms. The van der Waals surface area contributed by atoms with Crippen molar-refractivity contribution in [3.8, 4) is 11.5 Å². The third-order valence-electron chi connectivity index (χ3n) is 3.88. The van der Waals surface area contributed by atoms with E-state index in [2.05, 4.69) is 20.8 Å². The second kappa shape index (κ2) is 9.18. The topological polar surface area (TPSA) is 97.1 Å². The molecule has 144 valence electrons. The maximum atomic E-state index is 12.2. The summed E-state index contributed by atoms with van der Waals surface area (Å²) in [4.78, 5) is 24.1. The summed E-state index contributed by atoms with van der Waals surface area (Å²) in [5.41, 5.74) is 2.89. The lowest BCUT2D eigenvalue weighted by Crippen LogP contribution is -2.42. The number of nitrogens with zero attached hydrogens (tertiary/aromatic N) is 2. The van der Waals surface area contributed by atoms with Gasteiger partial charge in [0.15, 0.2) is 0 Å². The van der Waals surface area contributed by atoms with Gasteiger partial charge in [0.1, 0.15) is 0 Å². The molecule has 3 rings (SSSR count). The van der Waals surface area contributed by atoms with Gasteiger partial charge in [0.25, 0.3) is 5.22 Å². The van der Waals surface area contributed by atoms with Crippen molar-refractivity contribution in [2.75, 3.05) is 0 Å². The molecule has 0 aliphatic heterocycles. The molecule has 8 heteroatoms. The van der Waals surface area contributed by atoms with E-state index in [9.17, 15) is 9.59 Å². The van der Waals surface area contributed by atoms with Crippen LogP contribution in [-0.4, -0.2) is 27.4 Å². The zero-order valence-corrected chi connectivity index (χ0v) is 16.3. The van der Waals surface area contributed by atoms with Crippen molar-refractivity contribution in [2.24, 2.45) is 0 Å². The molecule has 3 aromatic rings. The highest BCUT2D eigenvalue weighted by atomic mass is 32.2. The van der Waals surface area contributed by atoms with Crippen LogP contribution in [-0.2, 0) is 11.3 Å². The van der Waals surface area contributed by atoms with Crippen LogP contribution in [0.4, 0.5) is 4.79 Å². The normalized spacial score (nSPS) is 11.6. The molecule has 28 heavy (non-hydrogen) atoms. The maximum absolute atomic E-state index is 12.2. The average Bonchev–Trinajstić information content (AvgIpc) is 3.16. The Hall–Kier alpha value is -3.13. The van der Waals surface area contributed by atoms with Gasteiger partial charge < -0.3 is 9.73 Å². The average molecular weight is 396 g/mol. The van der Waals surface area contributed by atoms with Gasteiger partial charge in [-0.1, -0.05) is 59.8 Å². The van der Waals surface area contributed by atoms with Gasteiger partial charge in [-0.15, -0.1) is 10.2 Å². The van der Waals surface area contributed by atoms with Gasteiger partial charge in [-0.2, -0.15) is 0 Å². The fourth-order valence-corrected chi connectivity index (χ4v) is 2.99. The van der Waals surface area contributed by atoms with Crippen molar-refractivity contribution >= 4 is 23.7 Å². The number of hydrogen-bond acceptors (Lipinski definition) is 6. The summed E-state index contributed by atoms with van der Waals surface area (Å²) in [5.74, 6) is -0.0543. The van der Waals surface area contributed by atoms with Crippen LogP contribution in [0.2, 0.25) is 0 Å². The van der Waals surface area contributed by atoms with Gasteiger partial charge in [-0.05, 0) is 31.5 Å². The van der Waals surface area contributed by atoms with Gasteiger partial charge in [-0.25, -0.2) is 4.79 Å². The Labute approximate surface area is 166 Å². The minimum Gasteiger partial charge on any atom is -0.411 e. The van der Waals surface area contributed by atoms with Crippen molar-refractivity contribution in [1.82, 2.24) is 20.8 Å². The van der Waals surface area contributed by atoms with Crippen LogP contribution < -0.4 is 10.6 Å². The number of urea groups is 1. The molecule has 2 aromatic carbocycles. The van der Waals surface area contributed by atoms with E-state index in [1.54, 1.807) is 6.92 Å². The summed E-state index contributed by atoms with van der Waals surface area (Å²) >= 11 is 1.09. The fraction of sp³-hybridized carbons (Fsp3) is 0.200. The summed E-state index contributed by atoms with van der Waals surface area (Å²) in [6, 6.07) is 16.6. The van der Waals surface area contributed by atoms with E-state index in [1.165, 1.54) is 0 Å². The molecule has 0 aliphatic carbocycles. The third-order valence-corrected chi connectivity index (χ3v) is 4.82. The van der Waals surface area contributed by atoms with Crippen LogP contribution in [0, 0.1) is 6.92 Å². The molecular formula is C20H20N4O3S. The molecule has 1 unspecified atom stereocenters. The summed E-state index contributed by atoms with van der Waals surface area (Å²) < 4.78 is 5.60. The predicted molar refractivity (Wildman–Crippen MR) is 107 cm³/mol. The minimum atomic E-state index is -0.575. The van der Waals surface area contributed by atoms with E-state index in [0.717, 1.165) is 28.5 Å². The van der Waals surface area contributed by atoms with Gasteiger partial charge in [-0.3, -0.25) is 10.1 Å². The number of hydrogen-bond donors (Lipinski definition) is 2. The zero-order chi connectivity index (χ0) is 19.9. The number of thioether (sulfide) groups is 1. The highest BCUT2D eigenvalue weighted by Gasteiger charge is 2.20. The van der Waals surface area contributed by atoms with Crippen LogP contribution in [0.1, 0.15) is 18.1 Å². The lowest BCUT2D eigenvalue weighted by atomic mass is 10.1. The highest BCUT2D eigenvalue weighted by Crippen LogP contribution is 2.26. The van der Waals surface area contributed by atoms with E-state index in [4.69, 9.17) is 4.42 Å².